The van der Waals surface area contributed by atoms with Crippen molar-refractivity contribution in [3.63, 3.8) is 0 Å². The predicted octanol–water partition coefficient (Wildman–Crippen LogP) is 4.12. The Hall–Kier alpha value is -2.28. The zero-order chi connectivity index (χ0) is 22.2. The Labute approximate surface area is 192 Å². The molecule has 3 heterocycles. The average molecular weight is 437 g/mol. The van der Waals surface area contributed by atoms with E-state index in [9.17, 15) is 4.79 Å². The molecule has 0 spiro atoms. The summed E-state index contributed by atoms with van der Waals surface area (Å²) >= 11 is 0. The van der Waals surface area contributed by atoms with E-state index in [4.69, 9.17) is 4.74 Å². The fourth-order valence-corrected chi connectivity index (χ4v) is 5.22. The molecule has 2 aromatic rings. The van der Waals surface area contributed by atoms with Crippen LogP contribution >= 0.6 is 0 Å². The molecule has 4 rings (SSSR count). The van der Waals surface area contributed by atoms with Gasteiger partial charge in [0.15, 0.2) is 0 Å². The summed E-state index contributed by atoms with van der Waals surface area (Å²) in [5, 5.41) is 2.91. The molecule has 1 aromatic carbocycles. The molecule has 1 aromatic heterocycles. The van der Waals surface area contributed by atoms with Gasteiger partial charge >= 0.3 is 0 Å². The number of carbonyl (C=O) groups excluding carboxylic acids is 1. The summed E-state index contributed by atoms with van der Waals surface area (Å²) in [7, 11) is 0. The summed E-state index contributed by atoms with van der Waals surface area (Å²) in [5.41, 5.74) is 1.55. The van der Waals surface area contributed by atoms with E-state index in [2.05, 4.69) is 57.4 Å². The van der Waals surface area contributed by atoms with Crippen LogP contribution in [0.5, 0.6) is 0 Å². The third kappa shape index (κ3) is 5.74. The SMILES string of the molecule is CC(c1ccccc1)N1CCN(C2(CCCC(=O)Nc3ccccn3)CCOCC2)CC1. The lowest BCUT2D eigenvalue weighted by atomic mass is 9.82. The zero-order valence-corrected chi connectivity index (χ0v) is 19.2. The molecular formula is C26H36N4O2. The monoisotopic (exact) mass is 436 g/mol. The summed E-state index contributed by atoms with van der Waals surface area (Å²) < 4.78 is 5.71. The Balaban J connectivity index is 1.30. The number of aromatic nitrogens is 1. The third-order valence-electron chi connectivity index (χ3n) is 7.22. The van der Waals surface area contributed by atoms with Gasteiger partial charge in [-0.1, -0.05) is 36.4 Å². The van der Waals surface area contributed by atoms with Gasteiger partial charge in [0.25, 0.3) is 0 Å². The number of benzene rings is 1. The molecule has 1 N–H and O–H groups in total. The number of piperazine rings is 1. The number of hydrogen-bond donors (Lipinski definition) is 1. The van der Waals surface area contributed by atoms with Gasteiger partial charge in [-0.05, 0) is 50.3 Å². The standard InChI is InChI=1S/C26H36N4O2/c1-22(23-8-3-2-4-9-23)29-16-18-30(19-17-29)26(13-20-32-21-14-26)12-7-11-25(31)28-24-10-5-6-15-27-24/h2-6,8-10,15,22H,7,11-14,16-21H2,1H3,(H,27,28,31). The van der Waals surface area contributed by atoms with E-state index in [1.165, 1.54) is 5.56 Å². The van der Waals surface area contributed by atoms with Crippen molar-refractivity contribution in [1.29, 1.82) is 0 Å². The Morgan fingerprint density at radius 3 is 2.47 bits per heavy atom. The minimum Gasteiger partial charge on any atom is -0.381 e. The quantitative estimate of drug-likeness (QED) is 0.675. The maximum absolute atomic E-state index is 12.4. The fraction of sp³-hybridized carbons (Fsp3) is 0.538. The van der Waals surface area contributed by atoms with Crippen molar-refractivity contribution < 1.29 is 9.53 Å². The minimum atomic E-state index is 0.0485. The van der Waals surface area contributed by atoms with Crippen LogP contribution in [0.4, 0.5) is 5.82 Å². The zero-order valence-electron chi connectivity index (χ0n) is 19.2. The molecule has 0 saturated carbocycles. The molecule has 0 bridgehead atoms. The molecule has 1 unspecified atom stereocenters. The van der Waals surface area contributed by atoms with Crippen LogP contribution in [0, 0.1) is 0 Å². The van der Waals surface area contributed by atoms with E-state index in [0.29, 0.717) is 18.3 Å². The molecule has 1 atom stereocenters. The number of pyridine rings is 1. The second kappa shape index (κ2) is 11.0. The van der Waals surface area contributed by atoms with E-state index in [0.717, 1.165) is 65.1 Å². The van der Waals surface area contributed by atoms with Gasteiger partial charge in [-0.15, -0.1) is 0 Å². The number of anilines is 1. The molecule has 6 heteroatoms. The highest BCUT2D eigenvalue weighted by Crippen LogP contribution is 2.35. The van der Waals surface area contributed by atoms with Crippen LogP contribution in [-0.4, -0.2) is 65.6 Å². The van der Waals surface area contributed by atoms with Gasteiger partial charge in [-0.2, -0.15) is 0 Å². The normalized spacial score (nSPS) is 20.5. The molecular weight excluding hydrogens is 400 g/mol. The van der Waals surface area contributed by atoms with Gasteiger partial charge in [0.05, 0.1) is 0 Å². The van der Waals surface area contributed by atoms with Crippen LogP contribution in [-0.2, 0) is 9.53 Å². The Morgan fingerprint density at radius 1 is 1.06 bits per heavy atom. The Bertz CT molecular complexity index is 831. The molecule has 6 nitrogen and oxygen atoms in total. The topological polar surface area (TPSA) is 57.7 Å². The van der Waals surface area contributed by atoms with Crippen molar-refractivity contribution in [2.24, 2.45) is 0 Å². The van der Waals surface area contributed by atoms with Gasteiger partial charge in [-0.3, -0.25) is 14.6 Å². The molecule has 172 valence electrons. The van der Waals surface area contributed by atoms with Gasteiger partial charge < -0.3 is 10.1 Å². The highest BCUT2D eigenvalue weighted by atomic mass is 16.5. The van der Waals surface area contributed by atoms with Crippen molar-refractivity contribution in [3.8, 4) is 0 Å². The van der Waals surface area contributed by atoms with Crippen molar-refractivity contribution in [2.45, 2.75) is 50.6 Å². The maximum atomic E-state index is 12.4. The van der Waals surface area contributed by atoms with E-state index in [-0.39, 0.29) is 11.4 Å². The lowest BCUT2D eigenvalue weighted by Crippen LogP contribution is -2.59. The van der Waals surface area contributed by atoms with E-state index < -0.39 is 0 Å². The minimum absolute atomic E-state index is 0.0485. The largest absolute Gasteiger partial charge is 0.381 e. The van der Waals surface area contributed by atoms with E-state index >= 15 is 0 Å². The smallest absolute Gasteiger partial charge is 0.225 e. The maximum Gasteiger partial charge on any atom is 0.225 e. The first kappa shape index (κ1) is 22.9. The molecule has 0 radical (unpaired) electrons. The number of amides is 1. The first-order chi connectivity index (χ1) is 15.7. The molecule has 0 aliphatic carbocycles. The molecule has 1 amide bonds. The molecule has 2 aliphatic rings. The number of rotatable bonds is 8. The molecule has 2 fully saturated rings. The van der Waals surface area contributed by atoms with Crippen molar-refractivity contribution in [1.82, 2.24) is 14.8 Å². The molecule has 2 aliphatic heterocycles. The first-order valence-electron chi connectivity index (χ1n) is 12.0. The number of nitrogens with zero attached hydrogens (tertiary/aromatic N) is 3. The number of ether oxygens (including phenoxy) is 1. The summed E-state index contributed by atoms with van der Waals surface area (Å²) in [5.74, 6) is 0.675. The lowest BCUT2D eigenvalue weighted by Gasteiger charge is -2.50. The van der Waals surface area contributed by atoms with Crippen LogP contribution in [0.3, 0.4) is 0 Å². The average Bonchev–Trinajstić information content (AvgIpc) is 2.85. The van der Waals surface area contributed by atoms with Crippen molar-refractivity contribution in [2.75, 3.05) is 44.7 Å². The Morgan fingerprint density at radius 2 is 1.78 bits per heavy atom. The number of carbonyl (C=O) groups is 1. The van der Waals surface area contributed by atoms with Gasteiger partial charge in [-0.25, -0.2) is 4.98 Å². The van der Waals surface area contributed by atoms with Crippen molar-refractivity contribution >= 4 is 11.7 Å². The Kier molecular flexibility index (Phi) is 7.90. The van der Waals surface area contributed by atoms with Gasteiger partial charge in [0.1, 0.15) is 5.82 Å². The summed E-state index contributed by atoms with van der Waals surface area (Å²) in [6.07, 6.45) is 6.28. The summed E-state index contributed by atoms with van der Waals surface area (Å²) in [6, 6.07) is 16.8. The number of nitrogens with one attached hydrogen (secondary N) is 1. The highest BCUT2D eigenvalue weighted by molar-refractivity contribution is 5.89. The second-order valence-electron chi connectivity index (χ2n) is 9.06. The highest BCUT2D eigenvalue weighted by Gasteiger charge is 2.39. The van der Waals surface area contributed by atoms with Crippen LogP contribution in [0.1, 0.15) is 50.6 Å². The van der Waals surface area contributed by atoms with E-state index in [1.807, 2.05) is 18.2 Å². The summed E-state index contributed by atoms with van der Waals surface area (Å²) in [6.45, 7) is 8.28. The lowest BCUT2D eigenvalue weighted by molar-refractivity contribution is -0.116. The van der Waals surface area contributed by atoms with Gasteiger partial charge in [0.2, 0.25) is 5.91 Å². The second-order valence-corrected chi connectivity index (χ2v) is 9.06. The third-order valence-corrected chi connectivity index (χ3v) is 7.22. The van der Waals surface area contributed by atoms with Crippen LogP contribution < -0.4 is 5.32 Å². The number of hydrogen-bond acceptors (Lipinski definition) is 5. The van der Waals surface area contributed by atoms with Crippen molar-refractivity contribution in [3.05, 3.63) is 60.3 Å². The predicted molar refractivity (Wildman–Crippen MR) is 128 cm³/mol. The van der Waals surface area contributed by atoms with Crippen LogP contribution in [0.15, 0.2) is 54.7 Å². The fourth-order valence-electron chi connectivity index (χ4n) is 5.22. The first-order valence-corrected chi connectivity index (χ1v) is 12.0. The molecule has 2 saturated heterocycles. The van der Waals surface area contributed by atoms with Crippen LogP contribution in [0.2, 0.25) is 0 Å². The summed E-state index contributed by atoms with van der Waals surface area (Å²) in [4.78, 5) is 21.9. The molecule has 32 heavy (non-hydrogen) atoms. The van der Waals surface area contributed by atoms with E-state index in [1.54, 1.807) is 6.20 Å². The van der Waals surface area contributed by atoms with Gasteiger partial charge in [0, 0.05) is 63.6 Å². The van der Waals surface area contributed by atoms with Crippen LogP contribution in [0.25, 0.3) is 0 Å².